The largest absolute Gasteiger partial charge is 0.457 e. The van der Waals surface area contributed by atoms with Gasteiger partial charge in [0.2, 0.25) is 0 Å². The van der Waals surface area contributed by atoms with E-state index < -0.39 is 22.0 Å². The van der Waals surface area contributed by atoms with Crippen molar-refractivity contribution in [3.05, 3.63) is 30.3 Å². The third kappa shape index (κ3) is 3.41. The average Bonchev–Trinajstić information content (AvgIpc) is 2.53. The second-order valence-electron chi connectivity index (χ2n) is 7.16. The van der Waals surface area contributed by atoms with E-state index in [0.717, 1.165) is 24.2 Å². The Kier molecular flexibility index (Phi) is 4.82. The van der Waals surface area contributed by atoms with E-state index in [9.17, 15) is 9.00 Å². The summed E-state index contributed by atoms with van der Waals surface area (Å²) in [5.74, 6) is 0.309. The van der Waals surface area contributed by atoms with Gasteiger partial charge >= 0.3 is 5.97 Å². The maximum Gasteiger partial charge on any atom is 0.303 e. The number of carbonyl (C=O) groups excluding carboxylic acids is 1. The first kappa shape index (κ1) is 17.6. The minimum atomic E-state index is -1.15. The molecule has 5 nitrogen and oxygen atoms in total. The predicted octanol–water partition coefficient (Wildman–Crippen LogP) is 3.01. The molecule has 2 aliphatic rings. The van der Waals surface area contributed by atoms with E-state index in [2.05, 4.69) is 0 Å². The highest BCUT2D eigenvalue weighted by molar-refractivity contribution is 7.85. The molecule has 1 aromatic carbocycles. The van der Waals surface area contributed by atoms with E-state index in [1.54, 1.807) is 0 Å². The highest BCUT2D eigenvalue weighted by Gasteiger charge is 2.54. The van der Waals surface area contributed by atoms with Crippen molar-refractivity contribution >= 4 is 16.8 Å². The fourth-order valence-corrected chi connectivity index (χ4v) is 5.11. The monoisotopic (exact) mass is 352 g/mol. The number of carbonyl (C=O) groups is 1. The second-order valence-corrected chi connectivity index (χ2v) is 8.61. The Morgan fingerprint density at radius 1 is 1.33 bits per heavy atom. The molecule has 1 heterocycles. The zero-order valence-electron chi connectivity index (χ0n) is 14.3. The molecule has 1 saturated heterocycles. The van der Waals surface area contributed by atoms with Crippen LogP contribution >= 0.6 is 0 Å². The molecule has 0 radical (unpaired) electrons. The van der Waals surface area contributed by atoms with Crippen molar-refractivity contribution in [2.45, 2.75) is 62.2 Å². The first-order valence-electron chi connectivity index (χ1n) is 8.30. The van der Waals surface area contributed by atoms with Crippen molar-refractivity contribution in [3.63, 3.8) is 0 Å². The molecule has 1 aromatic rings. The Labute approximate surface area is 145 Å². The lowest BCUT2D eigenvalue weighted by Crippen LogP contribution is -2.59. The van der Waals surface area contributed by atoms with Gasteiger partial charge in [-0.05, 0) is 51.2 Å². The molecule has 132 valence electrons. The van der Waals surface area contributed by atoms with E-state index in [1.165, 1.54) is 6.92 Å². The summed E-state index contributed by atoms with van der Waals surface area (Å²) >= 11 is 0. The molecule has 0 unspecified atom stereocenters. The van der Waals surface area contributed by atoms with Crippen LogP contribution in [-0.2, 0) is 30.1 Å². The van der Waals surface area contributed by atoms with Crippen LogP contribution in [0.15, 0.2) is 35.2 Å². The summed E-state index contributed by atoms with van der Waals surface area (Å²) in [6.07, 6.45) is 2.04. The summed E-state index contributed by atoms with van der Waals surface area (Å²) in [5, 5.41) is 0. The molecule has 0 spiro atoms. The van der Waals surface area contributed by atoms with Gasteiger partial charge in [-0.2, -0.15) is 0 Å². The topological polar surface area (TPSA) is 61.8 Å². The number of hydrogen-bond donors (Lipinski definition) is 0. The molecule has 1 saturated carbocycles. The van der Waals surface area contributed by atoms with Crippen LogP contribution in [0.1, 0.15) is 40.0 Å². The van der Waals surface area contributed by atoms with Gasteiger partial charge in [-0.3, -0.25) is 9.00 Å². The maximum atomic E-state index is 12.7. The standard InChI is InChI=1S/C18H24O5S/c1-13(19)21-17(2)10-9-14-11-16(17)22-23-18(14,3)12-24(20)15-7-5-4-6-8-15/h4-8,14,16H,9-12H2,1-3H3/t14-,16-,17-,18+,24-/m1/s1. The van der Waals surface area contributed by atoms with Gasteiger partial charge in [-0.15, -0.1) is 0 Å². The molecule has 24 heavy (non-hydrogen) atoms. The number of rotatable bonds is 4. The number of esters is 1. The highest BCUT2D eigenvalue weighted by atomic mass is 32.2. The quantitative estimate of drug-likeness (QED) is 0.616. The van der Waals surface area contributed by atoms with E-state index in [4.69, 9.17) is 14.5 Å². The predicted molar refractivity (Wildman–Crippen MR) is 89.6 cm³/mol. The van der Waals surface area contributed by atoms with Gasteiger partial charge in [0.15, 0.2) is 0 Å². The molecule has 5 atom stereocenters. The van der Waals surface area contributed by atoms with E-state index in [1.807, 2.05) is 44.2 Å². The lowest BCUT2D eigenvalue weighted by atomic mass is 9.71. The molecule has 3 rings (SSSR count). The first-order chi connectivity index (χ1) is 11.3. The van der Waals surface area contributed by atoms with Crippen LogP contribution in [0, 0.1) is 5.92 Å². The molecule has 0 amide bonds. The molecule has 2 fully saturated rings. The molecule has 6 heteroatoms. The van der Waals surface area contributed by atoms with Crippen molar-refractivity contribution in [1.29, 1.82) is 0 Å². The van der Waals surface area contributed by atoms with Crippen molar-refractivity contribution in [3.8, 4) is 0 Å². The maximum absolute atomic E-state index is 12.7. The van der Waals surface area contributed by atoms with Gasteiger partial charge < -0.3 is 4.74 Å². The SMILES string of the molecule is CC(=O)O[C@]1(C)CC[C@@H]2C[C@H]1OO[C@@]2(C)C[S@@](=O)c1ccccc1. The molecule has 1 aliphatic carbocycles. The summed E-state index contributed by atoms with van der Waals surface area (Å²) < 4.78 is 18.1. The Morgan fingerprint density at radius 3 is 2.71 bits per heavy atom. The summed E-state index contributed by atoms with van der Waals surface area (Å²) in [7, 11) is -1.15. The third-order valence-corrected chi connectivity index (χ3v) is 6.82. The van der Waals surface area contributed by atoms with E-state index >= 15 is 0 Å². The second kappa shape index (κ2) is 6.58. The van der Waals surface area contributed by atoms with Crippen molar-refractivity contribution in [2.75, 3.05) is 5.75 Å². The molecule has 0 aromatic heterocycles. The average molecular weight is 352 g/mol. The van der Waals surface area contributed by atoms with Crippen LogP contribution in [0.5, 0.6) is 0 Å². The van der Waals surface area contributed by atoms with Crippen molar-refractivity contribution < 1.29 is 23.5 Å². The summed E-state index contributed by atoms with van der Waals surface area (Å²) in [4.78, 5) is 23.5. The van der Waals surface area contributed by atoms with Gasteiger partial charge in [0.05, 0.1) is 16.6 Å². The van der Waals surface area contributed by atoms with Gasteiger partial charge in [-0.25, -0.2) is 9.78 Å². The molecule has 2 bridgehead atoms. The summed E-state index contributed by atoms with van der Waals surface area (Å²) in [6.45, 7) is 5.26. The molecular formula is C18H24O5S. The Morgan fingerprint density at radius 2 is 2.04 bits per heavy atom. The molecule has 0 N–H and O–H groups in total. The van der Waals surface area contributed by atoms with Crippen LogP contribution in [0.25, 0.3) is 0 Å². The normalized spacial score (nSPS) is 36.8. The number of ether oxygens (including phenoxy) is 1. The summed E-state index contributed by atoms with van der Waals surface area (Å²) in [5.41, 5.74) is -1.25. The van der Waals surface area contributed by atoms with Gasteiger partial charge in [0.1, 0.15) is 17.3 Å². The Hall–Kier alpha value is -1.24. The zero-order chi connectivity index (χ0) is 17.4. The molecular weight excluding hydrogens is 328 g/mol. The van der Waals surface area contributed by atoms with Gasteiger partial charge in [0.25, 0.3) is 0 Å². The van der Waals surface area contributed by atoms with Crippen LogP contribution in [-0.4, -0.2) is 33.2 Å². The number of benzene rings is 1. The number of fused-ring (bicyclic) bond motifs is 2. The summed E-state index contributed by atoms with van der Waals surface area (Å²) in [6, 6.07) is 9.41. The van der Waals surface area contributed by atoms with Crippen LogP contribution in [0.3, 0.4) is 0 Å². The Balaban J connectivity index is 1.70. The Bertz CT molecular complexity index is 634. The van der Waals surface area contributed by atoms with Gasteiger partial charge in [0, 0.05) is 11.8 Å². The van der Waals surface area contributed by atoms with Crippen molar-refractivity contribution in [2.24, 2.45) is 5.92 Å². The minimum Gasteiger partial charge on any atom is -0.457 e. The zero-order valence-corrected chi connectivity index (χ0v) is 15.1. The van der Waals surface area contributed by atoms with Gasteiger partial charge in [-0.1, -0.05) is 18.2 Å². The lowest BCUT2D eigenvalue weighted by molar-refractivity contribution is -0.441. The van der Waals surface area contributed by atoms with E-state index in [-0.39, 0.29) is 18.0 Å². The highest BCUT2D eigenvalue weighted by Crippen LogP contribution is 2.47. The smallest absolute Gasteiger partial charge is 0.303 e. The fourth-order valence-electron chi connectivity index (χ4n) is 3.68. The van der Waals surface area contributed by atoms with Crippen LogP contribution in [0.2, 0.25) is 0 Å². The van der Waals surface area contributed by atoms with Crippen LogP contribution < -0.4 is 0 Å². The van der Waals surface area contributed by atoms with Crippen LogP contribution in [0.4, 0.5) is 0 Å². The lowest BCUT2D eigenvalue weighted by Gasteiger charge is -2.51. The van der Waals surface area contributed by atoms with E-state index in [0.29, 0.717) is 5.75 Å². The third-order valence-electron chi connectivity index (χ3n) is 5.19. The fraction of sp³-hybridized carbons (Fsp3) is 0.611. The molecule has 1 aliphatic heterocycles. The first-order valence-corrected chi connectivity index (χ1v) is 9.62. The van der Waals surface area contributed by atoms with Crippen molar-refractivity contribution in [1.82, 2.24) is 0 Å². The number of hydrogen-bond acceptors (Lipinski definition) is 5. The minimum absolute atomic E-state index is 0.229.